The third-order valence-corrected chi connectivity index (χ3v) is 3.67. The van der Waals surface area contributed by atoms with E-state index in [0.717, 1.165) is 16.8 Å². The number of nitrogens with one attached hydrogen (secondary N) is 1. The monoisotopic (exact) mass is 291 g/mol. The molecular weight excluding hydrogens is 274 g/mol. The summed E-state index contributed by atoms with van der Waals surface area (Å²) in [5.74, 6) is -0.532. The molecule has 6 heteroatoms. The molecule has 1 aliphatic rings. The van der Waals surface area contributed by atoms with Gasteiger partial charge < -0.3 is 10.6 Å². The van der Waals surface area contributed by atoms with Gasteiger partial charge in [-0.3, -0.25) is 14.9 Å². The molecule has 1 aromatic rings. The third kappa shape index (κ3) is 2.65. The summed E-state index contributed by atoms with van der Waals surface area (Å²) < 4.78 is 0. The van der Waals surface area contributed by atoms with Crippen molar-refractivity contribution in [3.63, 3.8) is 0 Å². The van der Waals surface area contributed by atoms with Gasteiger partial charge in [0.25, 0.3) is 0 Å². The van der Waals surface area contributed by atoms with Gasteiger partial charge in [-0.1, -0.05) is 19.1 Å². The van der Waals surface area contributed by atoms with Crippen molar-refractivity contribution in [2.45, 2.75) is 26.3 Å². The quantitative estimate of drug-likeness (QED) is 0.638. The fourth-order valence-corrected chi connectivity index (χ4v) is 2.68. The highest BCUT2D eigenvalue weighted by atomic mass is 32.1. The van der Waals surface area contributed by atoms with Crippen molar-refractivity contribution in [3.8, 4) is 0 Å². The molecule has 0 radical (unpaired) electrons. The Kier molecular flexibility index (Phi) is 4.04. The van der Waals surface area contributed by atoms with Gasteiger partial charge in [0.1, 0.15) is 11.0 Å². The van der Waals surface area contributed by atoms with Crippen LogP contribution in [0.25, 0.3) is 0 Å². The van der Waals surface area contributed by atoms with Crippen molar-refractivity contribution in [2.75, 3.05) is 11.4 Å². The number of piperazine rings is 1. The SMILES string of the molecule is CCC1C(=O)NC(=O)CN1c1ccc(C(N)=S)c(C)c1. The van der Waals surface area contributed by atoms with Gasteiger partial charge in [-0.2, -0.15) is 0 Å². The predicted octanol–water partition coefficient (Wildman–Crippen LogP) is 0.871. The minimum absolute atomic E-state index is 0.177. The van der Waals surface area contributed by atoms with Gasteiger partial charge >= 0.3 is 0 Å². The smallest absolute Gasteiger partial charge is 0.249 e. The molecule has 5 nitrogen and oxygen atoms in total. The normalized spacial score (nSPS) is 18.9. The number of rotatable bonds is 3. The Bertz CT molecular complexity index is 586. The average molecular weight is 291 g/mol. The van der Waals surface area contributed by atoms with Crippen molar-refractivity contribution in [1.29, 1.82) is 0 Å². The zero-order chi connectivity index (χ0) is 14.9. The maximum atomic E-state index is 11.9. The second-order valence-electron chi connectivity index (χ2n) is 4.83. The number of benzene rings is 1. The first-order valence-corrected chi connectivity index (χ1v) is 6.85. The average Bonchev–Trinajstić information content (AvgIpc) is 2.37. The van der Waals surface area contributed by atoms with Crippen LogP contribution in [0.15, 0.2) is 18.2 Å². The summed E-state index contributed by atoms with van der Waals surface area (Å²) in [6.07, 6.45) is 0.634. The number of anilines is 1. The number of nitrogens with zero attached hydrogens (tertiary/aromatic N) is 1. The Hall–Kier alpha value is -1.95. The molecule has 1 heterocycles. The largest absolute Gasteiger partial charge is 0.389 e. The molecule has 1 aliphatic heterocycles. The molecule has 0 aliphatic carbocycles. The molecule has 1 fully saturated rings. The zero-order valence-corrected chi connectivity index (χ0v) is 12.3. The number of imide groups is 1. The lowest BCUT2D eigenvalue weighted by atomic mass is 10.0. The summed E-state index contributed by atoms with van der Waals surface area (Å²) in [4.78, 5) is 25.6. The number of thiocarbonyl (C=S) groups is 1. The summed E-state index contributed by atoms with van der Waals surface area (Å²) >= 11 is 4.98. The second-order valence-corrected chi connectivity index (χ2v) is 5.27. The van der Waals surface area contributed by atoms with Crippen LogP contribution in [-0.2, 0) is 9.59 Å². The van der Waals surface area contributed by atoms with Crippen LogP contribution in [0.3, 0.4) is 0 Å². The van der Waals surface area contributed by atoms with Crippen LogP contribution in [0, 0.1) is 6.92 Å². The maximum absolute atomic E-state index is 11.9. The molecule has 0 bridgehead atoms. The fraction of sp³-hybridized carbons (Fsp3) is 0.357. The molecule has 2 rings (SSSR count). The van der Waals surface area contributed by atoms with Crippen molar-refractivity contribution in [1.82, 2.24) is 5.32 Å². The van der Waals surface area contributed by atoms with Crippen LogP contribution in [0.2, 0.25) is 0 Å². The van der Waals surface area contributed by atoms with E-state index in [1.165, 1.54) is 0 Å². The number of hydrogen-bond acceptors (Lipinski definition) is 4. The molecule has 106 valence electrons. The molecule has 20 heavy (non-hydrogen) atoms. The number of hydrogen-bond donors (Lipinski definition) is 2. The van der Waals surface area contributed by atoms with E-state index in [4.69, 9.17) is 18.0 Å². The van der Waals surface area contributed by atoms with Gasteiger partial charge in [0.05, 0.1) is 6.54 Å². The number of carbonyl (C=O) groups excluding carboxylic acids is 2. The number of carbonyl (C=O) groups is 2. The van der Waals surface area contributed by atoms with E-state index >= 15 is 0 Å². The first-order valence-electron chi connectivity index (χ1n) is 6.44. The zero-order valence-electron chi connectivity index (χ0n) is 11.5. The highest BCUT2D eigenvalue weighted by Gasteiger charge is 2.32. The minimum atomic E-state index is -0.331. The second kappa shape index (κ2) is 5.58. The highest BCUT2D eigenvalue weighted by molar-refractivity contribution is 7.80. The molecule has 1 atom stereocenters. The Morgan fingerprint density at radius 3 is 2.75 bits per heavy atom. The van der Waals surface area contributed by atoms with Gasteiger partial charge in [0.15, 0.2) is 0 Å². The summed E-state index contributed by atoms with van der Waals surface area (Å²) in [7, 11) is 0. The summed E-state index contributed by atoms with van der Waals surface area (Å²) in [5, 5.41) is 2.36. The summed E-state index contributed by atoms with van der Waals surface area (Å²) in [6.45, 7) is 4.00. The van der Waals surface area contributed by atoms with Crippen LogP contribution in [0.5, 0.6) is 0 Å². The molecule has 1 aromatic carbocycles. The van der Waals surface area contributed by atoms with E-state index in [1.807, 2.05) is 36.9 Å². The Labute approximate surface area is 123 Å². The lowest BCUT2D eigenvalue weighted by molar-refractivity contribution is -0.132. The summed E-state index contributed by atoms with van der Waals surface area (Å²) in [6, 6.07) is 5.25. The van der Waals surface area contributed by atoms with Gasteiger partial charge in [0.2, 0.25) is 11.8 Å². The lowest BCUT2D eigenvalue weighted by Gasteiger charge is -2.35. The van der Waals surface area contributed by atoms with Crippen LogP contribution < -0.4 is 16.0 Å². The number of nitrogens with two attached hydrogens (primary N) is 1. The Balaban J connectivity index is 2.38. The molecule has 1 saturated heterocycles. The van der Waals surface area contributed by atoms with Gasteiger partial charge in [-0.15, -0.1) is 0 Å². The van der Waals surface area contributed by atoms with E-state index in [9.17, 15) is 9.59 Å². The van der Waals surface area contributed by atoms with Crippen LogP contribution in [0.1, 0.15) is 24.5 Å². The van der Waals surface area contributed by atoms with Gasteiger partial charge in [-0.25, -0.2) is 0 Å². The van der Waals surface area contributed by atoms with Gasteiger partial charge in [0, 0.05) is 11.3 Å². The van der Waals surface area contributed by atoms with E-state index in [-0.39, 0.29) is 24.4 Å². The maximum Gasteiger partial charge on any atom is 0.249 e. The molecular formula is C14H17N3O2S. The van der Waals surface area contributed by atoms with E-state index < -0.39 is 0 Å². The van der Waals surface area contributed by atoms with Crippen molar-refractivity contribution >= 4 is 34.7 Å². The van der Waals surface area contributed by atoms with Crippen molar-refractivity contribution < 1.29 is 9.59 Å². The predicted molar refractivity (Wildman–Crippen MR) is 81.6 cm³/mol. The minimum Gasteiger partial charge on any atom is -0.389 e. The van der Waals surface area contributed by atoms with E-state index in [1.54, 1.807) is 0 Å². The highest BCUT2D eigenvalue weighted by Crippen LogP contribution is 2.23. The van der Waals surface area contributed by atoms with Crippen LogP contribution >= 0.6 is 12.2 Å². The molecule has 0 spiro atoms. The molecule has 1 unspecified atom stereocenters. The first kappa shape index (κ1) is 14.5. The first-order chi connectivity index (χ1) is 9.43. The Morgan fingerprint density at radius 1 is 1.50 bits per heavy atom. The molecule has 2 amide bonds. The molecule has 0 saturated carbocycles. The summed E-state index contributed by atoms with van der Waals surface area (Å²) in [5.41, 5.74) is 8.21. The lowest BCUT2D eigenvalue weighted by Crippen LogP contribution is -2.58. The Morgan fingerprint density at radius 2 is 2.20 bits per heavy atom. The van der Waals surface area contributed by atoms with Crippen molar-refractivity contribution in [3.05, 3.63) is 29.3 Å². The van der Waals surface area contributed by atoms with Gasteiger partial charge in [-0.05, 0) is 37.1 Å². The molecule has 0 aromatic heterocycles. The van der Waals surface area contributed by atoms with Crippen LogP contribution in [0.4, 0.5) is 5.69 Å². The number of aryl methyl sites for hydroxylation is 1. The topological polar surface area (TPSA) is 75.4 Å². The van der Waals surface area contributed by atoms with Crippen LogP contribution in [-0.4, -0.2) is 29.4 Å². The third-order valence-electron chi connectivity index (χ3n) is 3.45. The standard InChI is InChI=1S/C14H17N3O2S/c1-3-11-14(19)16-12(18)7-17(11)9-4-5-10(13(15)20)8(2)6-9/h4-6,11H,3,7H2,1-2H3,(H2,15,20)(H,16,18,19). The van der Waals surface area contributed by atoms with E-state index in [2.05, 4.69) is 5.32 Å². The number of amides is 2. The van der Waals surface area contributed by atoms with Crippen molar-refractivity contribution in [2.24, 2.45) is 5.73 Å². The fourth-order valence-electron chi connectivity index (χ4n) is 2.45. The molecule has 3 N–H and O–H groups in total. The van der Waals surface area contributed by atoms with E-state index in [0.29, 0.717) is 11.4 Å².